The van der Waals surface area contributed by atoms with Gasteiger partial charge in [-0.1, -0.05) is 22.0 Å². The number of carbonyl (C=O) groups is 3. The second kappa shape index (κ2) is 7.70. The van der Waals surface area contributed by atoms with Crippen LogP contribution in [0.15, 0.2) is 53.0 Å². The number of benzene rings is 2. The highest BCUT2D eigenvalue weighted by atomic mass is 79.9. The maximum atomic E-state index is 12.9. The van der Waals surface area contributed by atoms with Crippen LogP contribution in [0.5, 0.6) is 0 Å². The van der Waals surface area contributed by atoms with Gasteiger partial charge in [-0.3, -0.25) is 14.4 Å². The summed E-state index contributed by atoms with van der Waals surface area (Å²) in [5, 5.41) is 5.61. The SMILES string of the molecule is CC(=O)Nc1cccc(C(=O)N2CCCN2C(=O)c2ccc(Br)cc2)c1. The molecule has 1 aliphatic rings. The van der Waals surface area contributed by atoms with Gasteiger partial charge in [0, 0.05) is 41.3 Å². The average Bonchev–Trinajstić information content (AvgIpc) is 3.10. The smallest absolute Gasteiger partial charge is 0.272 e. The Morgan fingerprint density at radius 3 is 2.15 bits per heavy atom. The van der Waals surface area contributed by atoms with Crippen molar-refractivity contribution in [3.8, 4) is 0 Å². The summed E-state index contributed by atoms with van der Waals surface area (Å²) >= 11 is 3.35. The second-order valence-corrected chi connectivity index (χ2v) is 6.89. The Kier molecular flexibility index (Phi) is 5.37. The Morgan fingerprint density at radius 2 is 1.54 bits per heavy atom. The molecule has 0 radical (unpaired) electrons. The third kappa shape index (κ3) is 3.94. The van der Waals surface area contributed by atoms with Crippen molar-refractivity contribution in [3.05, 3.63) is 64.1 Å². The molecule has 1 saturated heterocycles. The van der Waals surface area contributed by atoms with Crippen LogP contribution in [0.4, 0.5) is 5.69 Å². The molecule has 134 valence electrons. The van der Waals surface area contributed by atoms with E-state index in [0.717, 1.165) is 10.9 Å². The molecule has 7 heteroatoms. The predicted molar refractivity (Wildman–Crippen MR) is 102 cm³/mol. The highest BCUT2D eigenvalue weighted by Gasteiger charge is 2.32. The number of nitrogens with one attached hydrogen (secondary N) is 1. The quantitative estimate of drug-likeness (QED) is 0.835. The van der Waals surface area contributed by atoms with E-state index < -0.39 is 0 Å². The number of halogens is 1. The fourth-order valence-electron chi connectivity index (χ4n) is 2.86. The Bertz CT molecular complexity index is 851. The van der Waals surface area contributed by atoms with Crippen molar-refractivity contribution < 1.29 is 14.4 Å². The summed E-state index contributed by atoms with van der Waals surface area (Å²) in [5.74, 6) is -0.677. The minimum absolute atomic E-state index is 0.206. The first-order valence-electron chi connectivity index (χ1n) is 8.22. The molecule has 2 aromatic rings. The van der Waals surface area contributed by atoms with Crippen LogP contribution in [0.25, 0.3) is 0 Å². The molecular formula is C19H18BrN3O3. The zero-order chi connectivity index (χ0) is 18.7. The van der Waals surface area contributed by atoms with Gasteiger partial charge in [0.25, 0.3) is 11.8 Å². The number of hydrazine groups is 1. The van der Waals surface area contributed by atoms with Crippen LogP contribution >= 0.6 is 15.9 Å². The Hall–Kier alpha value is -2.67. The van der Waals surface area contributed by atoms with Gasteiger partial charge in [-0.25, -0.2) is 10.0 Å². The van der Waals surface area contributed by atoms with Crippen molar-refractivity contribution in [1.82, 2.24) is 10.0 Å². The minimum atomic E-state index is -0.264. The van der Waals surface area contributed by atoms with Gasteiger partial charge < -0.3 is 5.32 Å². The monoisotopic (exact) mass is 415 g/mol. The molecule has 1 aliphatic heterocycles. The van der Waals surface area contributed by atoms with E-state index in [0.29, 0.717) is 29.9 Å². The molecule has 0 saturated carbocycles. The molecule has 6 nitrogen and oxygen atoms in total. The van der Waals surface area contributed by atoms with Gasteiger partial charge >= 0.3 is 0 Å². The minimum Gasteiger partial charge on any atom is -0.326 e. The van der Waals surface area contributed by atoms with Crippen LogP contribution in [0.2, 0.25) is 0 Å². The maximum Gasteiger partial charge on any atom is 0.272 e. The van der Waals surface area contributed by atoms with Crippen LogP contribution in [0.3, 0.4) is 0 Å². The lowest BCUT2D eigenvalue weighted by Gasteiger charge is -2.28. The molecule has 0 unspecified atom stereocenters. The van der Waals surface area contributed by atoms with Gasteiger partial charge in [0.2, 0.25) is 5.91 Å². The molecule has 0 aromatic heterocycles. The van der Waals surface area contributed by atoms with Crippen molar-refractivity contribution >= 4 is 39.3 Å². The largest absolute Gasteiger partial charge is 0.326 e. The lowest BCUT2D eigenvalue weighted by atomic mass is 10.2. The van der Waals surface area contributed by atoms with Gasteiger partial charge in [-0.2, -0.15) is 0 Å². The molecule has 0 spiro atoms. The van der Waals surface area contributed by atoms with Crippen LogP contribution in [0.1, 0.15) is 34.1 Å². The molecule has 26 heavy (non-hydrogen) atoms. The third-order valence-electron chi connectivity index (χ3n) is 4.02. The summed E-state index contributed by atoms with van der Waals surface area (Å²) in [6.45, 7) is 2.38. The zero-order valence-corrected chi connectivity index (χ0v) is 15.8. The van der Waals surface area contributed by atoms with Crippen molar-refractivity contribution in [2.75, 3.05) is 18.4 Å². The predicted octanol–water partition coefficient (Wildman–Crippen LogP) is 3.31. The summed E-state index contributed by atoms with van der Waals surface area (Å²) in [5.41, 5.74) is 1.50. The molecule has 0 aliphatic carbocycles. The standard InChI is InChI=1S/C19H18BrN3O3/c1-13(24)21-17-5-2-4-15(12-17)19(26)23-11-3-10-22(23)18(25)14-6-8-16(20)9-7-14/h2,4-9,12H,3,10-11H2,1H3,(H,21,24). The molecule has 3 amide bonds. The number of anilines is 1. The fraction of sp³-hybridized carbons (Fsp3) is 0.211. The average molecular weight is 416 g/mol. The second-order valence-electron chi connectivity index (χ2n) is 5.98. The number of nitrogens with zero attached hydrogens (tertiary/aromatic N) is 2. The van der Waals surface area contributed by atoms with E-state index in [4.69, 9.17) is 0 Å². The van der Waals surface area contributed by atoms with Gasteiger partial charge in [0.15, 0.2) is 0 Å². The van der Waals surface area contributed by atoms with Gasteiger partial charge in [0.1, 0.15) is 0 Å². The molecule has 1 heterocycles. The highest BCUT2D eigenvalue weighted by molar-refractivity contribution is 9.10. The number of carbonyl (C=O) groups excluding carboxylic acids is 3. The zero-order valence-electron chi connectivity index (χ0n) is 14.2. The van der Waals surface area contributed by atoms with Crippen molar-refractivity contribution in [2.24, 2.45) is 0 Å². The number of hydrogen-bond donors (Lipinski definition) is 1. The van der Waals surface area contributed by atoms with E-state index in [-0.39, 0.29) is 17.7 Å². The first kappa shape index (κ1) is 18.1. The Balaban J connectivity index is 1.81. The van der Waals surface area contributed by atoms with Gasteiger partial charge in [-0.05, 0) is 48.9 Å². The fourth-order valence-corrected chi connectivity index (χ4v) is 3.12. The normalized spacial score (nSPS) is 13.6. The van der Waals surface area contributed by atoms with E-state index >= 15 is 0 Å². The van der Waals surface area contributed by atoms with Gasteiger partial charge in [-0.15, -0.1) is 0 Å². The van der Waals surface area contributed by atoms with Gasteiger partial charge in [0.05, 0.1) is 0 Å². The lowest BCUT2D eigenvalue weighted by molar-refractivity contribution is -0.114. The lowest BCUT2D eigenvalue weighted by Crippen LogP contribution is -2.44. The molecular weight excluding hydrogens is 398 g/mol. The molecule has 1 N–H and O–H groups in total. The van der Waals surface area contributed by atoms with Crippen LogP contribution in [-0.2, 0) is 4.79 Å². The summed E-state index contributed by atoms with van der Waals surface area (Å²) in [6.07, 6.45) is 0.722. The van der Waals surface area contributed by atoms with Crippen molar-refractivity contribution in [3.63, 3.8) is 0 Å². The maximum absolute atomic E-state index is 12.9. The van der Waals surface area contributed by atoms with E-state index in [1.54, 1.807) is 48.5 Å². The summed E-state index contributed by atoms with van der Waals surface area (Å²) in [7, 11) is 0. The molecule has 0 atom stereocenters. The first-order chi connectivity index (χ1) is 12.5. The number of amides is 3. The summed E-state index contributed by atoms with van der Waals surface area (Å²) in [4.78, 5) is 36.9. The molecule has 0 bridgehead atoms. The third-order valence-corrected chi connectivity index (χ3v) is 4.55. The Morgan fingerprint density at radius 1 is 0.923 bits per heavy atom. The van der Waals surface area contributed by atoms with E-state index in [2.05, 4.69) is 21.2 Å². The van der Waals surface area contributed by atoms with Crippen molar-refractivity contribution in [2.45, 2.75) is 13.3 Å². The first-order valence-corrected chi connectivity index (χ1v) is 9.02. The number of rotatable bonds is 3. The van der Waals surface area contributed by atoms with Crippen LogP contribution < -0.4 is 5.32 Å². The molecule has 2 aromatic carbocycles. The van der Waals surface area contributed by atoms with E-state index in [1.165, 1.54) is 16.9 Å². The molecule has 3 rings (SSSR count). The molecule has 1 fully saturated rings. The summed E-state index contributed by atoms with van der Waals surface area (Å²) < 4.78 is 0.887. The topological polar surface area (TPSA) is 69.7 Å². The van der Waals surface area contributed by atoms with Crippen molar-refractivity contribution in [1.29, 1.82) is 0 Å². The summed E-state index contributed by atoms with van der Waals surface area (Å²) in [6, 6.07) is 13.8. The van der Waals surface area contributed by atoms with Crippen LogP contribution in [0, 0.1) is 0 Å². The Labute approximate surface area is 159 Å². The van der Waals surface area contributed by atoms with E-state index in [9.17, 15) is 14.4 Å². The number of hydrogen-bond acceptors (Lipinski definition) is 3. The highest BCUT2D eigenvalue weighted by Crippen LogP contribution is 2.21. The van der Waals surface area contributed by atoms with E-state index in [1.807, 2.05) is 0 Å². The van der Waals surface area contributed by atoms with Crippen LogP contribution in [-0.4, -0.2) is 40.8 Å².